The summed E-state index contributed by atoms with van der Waals surface area (Å²) in [6, 6.07) is 8.29. The molecule has 0 spiro atoms. The van der Waals surface area contributed by atoms with Gasteiger partial charge in [-0.3, -0.25) is 4.79 Å². The lowest BCUT2D eigenvalue weighted by Crippen LogP contribution is -2.59. The number of hydrogen-bond donors (Lipinski definition) is 2. The number of benzene rings is 1. The second-order valence-electron chi connectivity index (χ2n) is 9.47. The van der Waals surface area contributed by atoms with Crippen molar-refractivity contribution in [2.45, 2.75) is 56.3 Å². The number of amides is 1. The maximum absolute atomic E-state index is 13.5. The molecule has 176 valence electrons. The number of likely N-dealkylation sites (tertiary alicyclic amines) is 1. The molecule has 0 bridgehead atoms. The zero-order valence-corrected chi connectivity index (χ0v) is 19.0. The molecule has 3 N–H and O–H groups in total. The lowest BCUT2D eigenvalue weighted by Gasteiger charge is -2.44. The van der Waals surface area contributed by atoms with Crippen molar-refractivity contribution in [2.24, 2.45) is 11.7 Å². The third-order valence-electron chi connectivity index (χ3n) is 7.21. The van der Waals surface area contributed by atoms with E-state index in [1.807, 2.05) is 25.2 Å². The van der Waals surface area contributed by atoms with E-state index < -0.39 is 29.6 Å². The van der Waals surface area contributed by atoms with Gasteiger partial charge in [-0.15, -0.1) is 0 Å². The van der Waals surface area contributed by atoms with Crippen LogP contribution in [0.5, 0.6) is 0 Å². The van der Waals surface area contributed by atoms with Gasteiger partial charge in [0.25, 0.3) is 5.91 Å². The second-order valence-corrected chi connectivity index (χ2v) is 9.47. The predicted molar refractivity (Wildman–Crippen MR) is 119 cm³/mol. The molecule has 1 aromatic heterocycles. The SMILES string of the molecule is C[N+]1(C(C(N)=O)c2ncncn2)CCC[C@@H](OC(=O)C(O)(c2ccccc2)C2CCCC2)C1. The molecule has 4 atom stereocenters. The number of aromatic nitrogens is 3. The van der Waals surface area contributed by atoms with Gasteiger partial charge >= 0.3 is 5.97 Å². The molecule has 2 heterocycles. The van der Waals surface area contributed by atoms with Gasteiger partial charge in [0.1, 0.15) is 19.2 Å². The number of hydrogen-bond acceptors (Lipinski definition) is 7. The summed E-state index contributed by atoms with van der Waals surface area (Å²) in [7, 11) is 1.90. The van der Waals surface area contributed by atoms with Crippen molar-refractivity contribution in [3.8, 4) is 0 Å². The van der Waals surface area contributed by atoms with Gasteiger partial charge in [-0.25, -0.2) is 19.7 Å². The summed E-state index contributed by atoms with van der Waals surface area (Å²) >= 11 is 0. The summed E-state index contributed by atoms with van der Waals surface area (Å²) in [4.78, 5) is 38.0. The lowest BCUT2D eigenvalue weighted by atomic mass is 9.80. The zero-order valence-electron chi connectivity index (χ0n) is 19.0. The van der Waals surface area contributed by atoms with E-state index in [0.29, 0.717) is 30.9 Å². The Morgan fingerprint density at radius 1 is 1.12 bits per heavy atom. The highest BCUT2D eigenvalue weighted by atomic mass is 16.6. The monoisotopic (exact) mass is 454 g/mol. The first-order chi connectivity index (χ1) is 15.8. The first kappa shape index (κ1) is 23.3. The number of aliphatic hydroxyl groups is 1. The van der Waals surface area contributed by atoms with Gasteiger partial charge in [0.2, 0.25) is 6.04 Å². The van der Waals surface area contributed by atoms with Crippen LogP contribution in [-0.4, -0.2) is 62.7 Å². The molecule has 3 unspecified atom stereocenters. The van der Waals surface area contributed by atoms with Gasteiger partial charge < -0.3 is 20.1 Å². The number of nitrogens with two attached hydrogens (primary N) is 1. The molecule has 2 aliphatic rings. The van der Waals surface area contributed by atoms with E-state index in [9.17, 15) is 14.7 Å². The fourth-order valence-corrected chi connectivity index (χ4v) is 5.56. The maximum atomic E-state index is 13.5. The Bertz CT molecular complexity index is 969. The van der Waals surface area contributed by atoms with Crippen LogP contribution < -0.4 is 5.73 Å². The quantitative estimate of drug-likeness (QED) is 0.481. The largest absolute Gasteiger partial charge is 0.454 e. The smallest absolute Gasteiger partial charge is 0.343 e. The number of carbonyl (C=O) groups is 2. The van der Waals surface area contributed by atoms with Crippen molar-refractivity contribution in [3.63, 3.8) is 0 Å². The fourth-order valence-electron chi connectivity index (χ4n) is 5.56. The minimum atomic E-state index is -1.68. The number of piperidine rings is 1. The van der Waals surface area contributed by atoms with Crippen LogP contribution in [-0.2, 0) is 19.9 Å². The average molecular weight is 455 g/mol. The Morgan fingerprint density at radius 3 is 2.42 bits per heavy atom. The van der Waals surface area contributed by atoms with Crippen LogP contribution in [0.4, 0.5) is 0 Å². The van der Waals surface area contributed by atoms with Crippen LogP contribution >= 0.6 is 0 Å². The Hall–Kier alpha value is -2.91. The summed E-state index contributed by atoms with van der Waals surface area (Å²) in [5, 5.41) is 11.7. The van der Waals surface area contributed by atoms with Crippen LogP contribution in [0.3, 0.4) is 0 Å². The van der Waals surface area contributed by atoms with E-state index in [2.05, 4.69) is 15.0 Å². The van der Waals surface area contributed by atoms with Gasteiger partial charge in [-0.05, 0) is 24.8 Å². The number of quaternary nitrogens is 1. The van der Waals surface area contributed by atoms with Gasteiger partial charge in [0.05, 0.1) is 13.6 Å². The second kappa shape index (κ2) is 9.52. The number of esters is 1. The van der Waals surface area contributed by atoms with E-state index >= 15 is 0 Å². The number of rotatable bonds is 7. The average Bonchev–Trinajstić information content (AvgIpc) is 3.35. The van der Waals surface area contributed by atoms with Crippen molar-refractivity contribution >= 4 is 11.9 Å². The molecule has 1 saturated heterocycles. The summed E-state index contributed by atoms with van der Waals surface area (Å²) in [5.74, 6) is -1.03. The first-order valence-electron chi connectivity index (χ1n) is 11.6. The minimum absolute atomic E-state index is 0.180. The lowest BCUT2D eigenvalue weighted by molar-refractivity contribution is -0.937. The van der Waals surface area contributed by atoms with Crippen molar-refractivity contribution in [3.05, 3.63) is 54.4 Å². The van der Waals surface area contributed by atoms with Crippen LogP contribution in [0.2, 0.25) is 0 Å². The Kier molecular flexibility index (Phi) is 6.71. The van der Waals surface area contributed by atoms with Crippen molar-refractivity contribution in [1.29, 1.82) is 0 Å². The Balaban J connectivity index is 1.56. The normalized spacial score (nSPS) is 26.3. The van der Waals surface area contributed by atoms with Gasteiger partial charge in [0.15, 0.2) is 17.5 Å². The zero-order chi connectivity index (χ0) is 23.5. The van der Waals surface area contributed by atoms with Crippen LogP contribution in [0.15, 0.2) is 43.0 Å². The molecular formula is C24H32N5O4+. The first-order valence-corrected chi connectivity index (χ1v) is 11.6. The highest BCUT2D eigenvalue weighted by molar-refractivity contribution is 5.82. The van der Waals surface area contributed by atoms with Crippen molar-refractivity contribution < 1.29 is 23.9 Å². The molecule has 9 heteroatoms. The minimum Gasteiger partial charge on any atom is -0.454 e. The molecule has 9 nitrogen and oxygen atoms in total. The highest BCUT2D eigenvalue weighted by Gasteiger charge is 2.50. The van der Waals surface area contributed by atoms with E-state index in [1.165, 1.54) is 12.7 Å². The van der Waals surface area contributed by atoms with Gasteiger partial charge in [0, 0.05) is 12.3 Å². The Morgan fingerprint density at radius 2 is 1.79 bits per heavy atom. The van der Waals surface area contributed by atoms with E-state index in [-0.39, 0.29) is 10.4 Å². The summed E-state index contributed by atoms with van der Waals surface area (Å²) in [6.45, 7) is 1.04. The summed E-state index contributed by atoms with van der Waals surface area (Å²) in [6.07, 6.45) is 7.13. The Labute approximate surface area is 193 Å². The fraction of sp³-hybridized carbons (Fsp3) is 0.542. The molecule has 1 aliphatic carbocycles. The number of carbonyl (C=O) groups excluding carboxylic acids is 2. The van der Waals surface area contributed by atoms with Gasteiger partial charge in [-0.1, -0.05) is 43.2 Å². The van der Waals surface area contributed by atoms with E-state index in [4.69, 9.17) is 10.5 Å². The van der Waals surface area contributed by atoms with Crippen LogP contribution in [0, 0.1) is 5.92 Å². The number of likely N-dealkylation sites (N-methyl/N-ethyl adjacent to an activating group) is 1. The van der Waals surface area contributed by atoms with Gasteiger partial charge in [-0.2, -0.15) is 0 Å². The van der Waals surface area contributed by atoms with Crippen LogP contribution in [0.1, 0.15) is 56.0 Å². The highest BCUT2D eigenvalue weighted by Crippen LogP contribution is 2.42. The number of nitrogens with zero attached hydrogens (tertiary/aromatic N) is 4. The van der Waals surface area contributed by atoms with E-state index in [0.717, 1.165) is 32.1 Å². The topological polar surface area (TPSA) is 128 Å². The predicted octanol–water partition coefficient (Wildman–Crippen LogP) is 1.63. The van der Waals surface area contributed by atoms with Crippen molar-refractivity contribution in [2.75, 3.05) is 20.1 Å². The van der Waals surface area contributed by atoms with E-state index in [1.54, 1.807) is 12.1 Å². The molecule has 0 radical (unpaired) electrons. The third kappa shape index (κ3) is 4.60. The standard InChI is InChI=1S/C24H31N5O4/c1-29(20(21(25)30)22-27-15-26-16-28-22)13-7-12-19(14-29)33-23(31)24(32,18-10-5-6-11-18)17-8-3-2-4-9-17/h2-4,8-9,15-16,18-20,32H,5-7,10-14H2,1H3,(H-,25,30)/p+1/t19-,20?,24?,29?/m1/s1. The third-order valence-corrected chi connectivity index (χ3v) is 7.21. The molecule has 1 amide bonds. The maximum Gasteiger partial charge on any atom is 0.343 e. The van der Waals surface area contributed by atoms with Crippen LogP contribution in [0.25, 0.3) is 0 Å². The summed E-state index contributed by atoms with van der Waals surface area (Å²) in [5.41, 5.74) is 4.64. The molecule has 1 saturated carbocycles. The molecule has 1 aromatic carbocycles. The number of primary amides is 1. The molecule has 2 fully saturated rings. The molecular weight excluding hydrogens is 422 g/mol. The molecule has 33 heavy (non-hydrogen) atoms. The number of ether oxygens (including phenoxy) is 1. The summed E-state index contributed by atoms with van der Waals surface area (Å²) < 4.78 is 6.20. The van der Waals surface area contributed by atoms with Crippen molar-refractivity contribution in [1.82, 2.24) is 15.0 Å². The molecule has 1 aliphatic heterocycles. The molecule has 2 aromatic rings. The molecule has 4 rings (SSSR count).